The fourth-order valence-electron chi connectivity index (χ4n) is 1.31. The molecule has 1 unspecified atom stereocenters. The first-order valence-electron chi connectivity index (χ1n) is 5.05. The van der Waals surface area contributed by atoms with E-state index in [9.17, 15) is 18.0 Å². The molecule has 1 aromatic carbocycles. The molecule has 0 bridgehead atoms. The highest BCUT2D eigenvalue weighted by atomic mass is 19.2. The first-order valence-corrected chi connectivity index (χ1v) is 5.05. The lowest BCUT2D eigenvalue weighted by molar-refractivity contribution is 0.0835. The Hall–Kier alpha value is -1.60. The molecule has 0 saturated carbocycles. The van der Waals surface area contributed by atoms with Gasteiger partial charge in [-0.05, 0) is 12.1 Å². The van der Waals surface area contributed by atoms with Crippen molar-refractivity contribution in [2.24, 2.45) is 0 Å². The highest BCUT2D eigenvalue weighted by molar-refractivity contribution is 5.94. The molecule has 1 atom stereocenters. The smallest absolute Gasteiger partial charge is 0.254 e. The first kappa shape index (κ1) is 14.5. The van der Waals surface area contributed by atoms with Crippen LogP contribution in [0.15, 0.2) is 12.1 Å². The van der Waals surface area contributed by atoms with Crippen LogP contribution in [0.25, 0.3) is 0 Å². The Morgan fingerprint density at radius 2 is 2.06 bits per heavy atom. The lowest BCUT2D eigenvalue weighted by Gasteiger charge is -2.15. The summed E-state index contributed by atoms with van der Waals surface area (Å²) in [6.07, 6.45) is 0. The van der Waals surface area contributed by atoms with Crippen molar-refractivity contribution in [1.29, 1.82) is 0 Å². The number of hydrogen-bond donors (Lipinski definition) is 2. The van der Waals surface area contributed by atoms with Gasteiger partial charge in [-0.15, -0.1) is 0 Å². The number of amides is 1. The second-order valence-electron chi connectivity index (χ2n) is 3.53. The van der Waals surface area contributed by atoms with Crippen LogP contribution >= 0.6 is 0 Å². The van der Waals surface area contributed by atoms with Gasteiger partial charge < -0.3 is 15.2 Å². The molecule has 0 spiro atoms. The van der Waals surface area contributed by atoms with Crippen LogP contribution in [0.5, 0.6) is 0 Å². The molecule has 1 rings (SSSR count). The van der Waals surface area contributed by atoms with E-state index < -0.39 is 41.6 Å². The van der Waals surface area contributed by atoms with Gasteiger partial charge in [0.2, 0.25) is 0 Å². The van der Waals surface area contributed by atoms with Gasteiger partial charge in [-0.2, -0.15) is 0 Å². The highest BCUT2D eigenvalue weighted by Crippen LogP contribution is 2.15. The number of hydrogen-bond acceptors (Lipinski definition) is 3. The van der Waals surface area contributed by atoms with Crippen molar-refractivity contribution in [3.63, 3.8) is 0 Å². The van der Waals surface area contributed by atoms with Crippen molar-refractivity contribution in [2.45, 2.75) is 6.04 Å². The molecule has 0 heterocycles. The van der Waals surface area contributed by atoms with Crippen molar-refractivity contribution >= 4 is 5.91 Å². The van der Waals surface area contributed by atoms with Gasteiger partial charge in [0.25, 0.3) is 5.91 Å². The normalized spacial score (nSPS) is 12.3. The number of nitrogens with one attached hydrogen (secondary N) is 1. The Morgan fingerprint density at radius 3 is 2.61 bits per heavy atom. The summed E-state index contributed by atoms with van der Waals surface area (Å²) in [7, 11) is 1.35. The van der Waals surface area contributed by atoms with E-state index in [1.54, 1.807) is 0 Å². The van der Waals surface area contributed by atoms with Gasteiger partial charge in [-0.3, -0.25) is 4.79 Å². The van der Waals surface area contributed by atoms with Gasteiger partial charge in [-0.1, -0.05) is 0 Å². The first-order chi connectivity index (χ1) is 8.51. The number of aliphatic hydroxyl groups is 1. The molecule has 0 radical (unpaired) electrons. The minimum Gasteiger partial charge on any atom is -0.394 e. The maximum Gasteiger partial charge on any atom is 0.254 e. The van der Waals surface area contributed by atoms with Gasteiger partial charge in [-0.25, -0.2) is 13.2 Å². The monoisotopic (exact) mass is 263 g/mol. The molecule has 0 aliphatic rings. The second kappa shape index (κ2) is 6.36. The molecule has 100 valence electrons. The van der Waals surface area contributed by atoms with E-state index in [4.69, 9.17) is 9.84 Å². The minimum atomic E-state index is -1.71. The van der Waals surface area contributed by atoms with E-state index in [0.29, 0.717) is 6.07 Å². The maximum absolute atomic E-state index is 13.3. The molecule has 0 aromatic heterocycles. The number of methoxy groups -OCH3 is 1. The molecule has 0 aliphatic carbocycles. The summed E-state index contributed by atoms with van der Waals surface area (Å²) in [6.45, 7) is -0.418. The van der Waals surface area contributed by atoms with Crippen molar-refractivity contribution in [3.8, 4) is 0 Å². The number of carbonyl (C=O) groups excluding carboxylic acids is 1. The van der Waals surface area contributed by atoms with Crippen LogP contribution < -0.4 is 5.32 Å². The van der Waals surface area contributed by atoms with E-state index >= 15 is 0 Å². The fourth-order valence-corrected chi connectivity index (χ4v) is 1.31. The van der Waals surface area contributed by atoms with E-state index in [1.165, 1.54) is 7.11 Å². The molecule has 0 fully saturated rings. The Morgan fingerprint density at radius 1 is 1.39 bits per heavy atom. The van der Waals surface area contributed by atoms with Crippen LogP contribution in [-0.4, -0.2) is 37.4 Å². The summed E-state index contributed by atoms with van der Waals surface area (Å²) in [5.41, 5.74) is -0.636. The number of benzene rings is 1. The zero-order valence-corrected chi connectivity index (χ0v) is 9.54. The van der Waals surface area contributed by atoms with Gasteiger partial charge in [0.05, 0.1) is 24.8 Å². The lowest BCUT2D eigenvalue weighted by atomic mass is 10.1. The Labute approximate surface area is 101 Å². The topological polar surface area (TPSA) is 58.6 Å². The van der Waals surface area contributed by atoms with E-state index in [0.717, 1.165) is 6.07 Å². The highest BCUT2D eigenvalue weighted by Gasteiger charge is 2.20. The van der Waals surface area contributed by atoms with Crippen molar-refractivity contribution in [1.82, 2.24) is 5.32 Å². The van der Waals surface area contributed by atoms with Gasteiger partial charge in [0.15, 0.2) is 17.5 Å². The Kier molecular flexibility index (Phi) is 5.11. The zero-order valence-electron chi connectivity index (χ0n) is 9.54. The third kappa shape index (κ3) is 3.21. The SMILES string of the molecule is COCC(CO)NC(=O)c1ccc(F)c(F)c1F. The number of ether oxygens (including phenoxy) is 1. The van der Waals surface area contributed by atoms with Crippen LogP contribution in [0.2, 0.25) is 0 Å². The van der Waals surface area contributed by atoms with E-state index in [1.807, 2.05) is 0 Å². The average molecular weight is 263 g/mol. The van der Waals surface area contributed by atoms with E-state index in [-0.39, 0.29) is 6.61 Å². The molecule has 4 nitrogen and oxygen atoms in total. The number of halogens is 3. The quantitative estimate of drug-likeness (QED) is 0.774. The summed E-state index contributed by atoms with van der Waals surface area (Å²) in [6, 6.07) is 0.720. The summed E-state index contributed by atoms with van der Waals surface area (Å²) in [5, 5.41) is 11.1. The largest absolute Gasteiger partial charge is 0.394 e. The molecule has 0 saturated heterocycles. The van der Waals surface area contributed by atoms with Gasteiger partial charge >= 0.3 is 0 Å². The van der Waals surface area contributed by atoms with Crippen LogP contribution in [0, 0.1) is 17.5 Å². The third-order valence-corrected chi connectivity index (χ3v) is 2.20. The van der Waals surface area contributed by atoms with Crippen LogP contribution in [0.4, 0.5) is 13.2 Å². The molecular weight excluding hydrogens is 251 g/mol. The maximum atomic E-state index is 13.3. The number of carbonyl (C=O) groups is 1. The number of rotatable bonds is 5. The summed E-state index contributed by atoms with van der Waals surface area (Å²) >= 11 is 0. The average Bonchev–Trinajstić information content (AvgIpc) is 2.35. The Balaban J connectivity index is 2.87. The Bertz CT molecular complexity index is 440. The predicted octanol–water partition coefficient (Wildman–Crippen LogP) is 0.841. The molecule has 2 N–H and O–H groups in total. The predicted molar refractivity (Wildman–Crippen MR) is 56.5 cm³/mol. The lowest BCUT2D eigenvalue weighted by Crippen LogP contribution is -2.41. The van der Waals surface area contributed by atoms with Crippen LogP contribution in [-0.2, 0) is 4.74 Å². The molecular formula is C11H12F3NO3. The molecule has 1 aromatic rings. The van der Waals surface area contributed by atoms with Crippen molar-refractivity contribution < 1.29 is 27.8 Å². The van der Waals surface area contributed by atoms with Gasteiger partial charge in [0, 0.05) is 7.11 Å². The fraction of sp³-hybridized carbons (Fsp3) is 0.364. The van der Waals surface area contributed by atoms with E-state index in [2.05, 4.69) is 5.32 Å². The third-order valence-electron chi connectivity index (χ3n) is 2.20. The molecule has 7 heteroatoms. The zero-order chi connectivity index (χ0) is 13.7. The van der Waals surface area contributed by atoms with Crippen LogP contribution in [0.3, 0.4) is 0 Å². The summed E-state index contributed by atoms with van der Waals surface area (Å²) < 4.78 is 43.6. The number of aliphatic hydroxyl groups excluding tert-OH is 1. The van der Waals surface area contributed by atoms with Crippen molar-refractivity contribution in [3.05, 3.63) is 35.1 Å². The molecule has 18 heavy (non-hydrogen) atoms. The standard InChI is InChI=1S/C11H12F3NO3/c1-18-5-6(4-16)15-11(17)7-2-3-8(12)10(14)9(7)13/h2-3,6,16H,4-5H2,1H3,(H,15,17). The van der Waals surface area contributed by atoms with Crippen molar-refractivity contribution in [2.75, 3.05) is 20.3 Å². The molecule has 1 amide bonds. The summed E-state index contributed by atoms with van der Waals surface area (Å²) in [5.74, 6) is -5.61. The van der Waals surface area contributed by atoms with Crippen LogP contribution in [0.1, 0.15) is 10.4 Å². The second-order valence-corrected chi connectivity index (χ2v) is 3.53. The summed E-state index contributed by atoms with van der Waals surface area (Å²) in [4.78, 5) is 11.6. The minimum absolute atomic E-state index is 0.00748. The van der Waals surface area contributed by atoms with Gasteiger partial charge in [0.1, 0.15) is 0 Å². The molecule has 0 aliphatic heterocycles.